The molecule has 0 amide bonds. The Morgan fingerprint density at radius 2 is 1.48 bits per heavy atom. The number of carbonyl (C=O) groups is 2. The molecule has 1 N–H and O–H groups in total. The molecule has 0 aliphatic carbocycles. The van der Waals surface area contributed by atoms with Crippen molar-refractivity contribution >= 4 is 12.3 Å². The Bertz CT molecular complexity index is 926. The maximum Gasteiger partial charge on any atom is 0.354 e. The van der Waals surface area contributed by atoms with E-state index in [0.29, 0.717) is 6.29 Å². The van der Waals surface area contributed by atoms with Crippen LogP contribution in [0.3, 0.4) is 0 Å². The average Bonchev–Trinajstić information content (AvgIpc) is 2.71. The fraction of sp³-hybridized carbons (Fsp3) is 0.0952. The van der Waals surface area contributed by atoms with Crippen molar-refractivity contribution in [3.8, 4) is 11.5 Å². The SMILES string of the molecule is O=Cc1nc(C(=O)O)cc(OCc2ccccc2)c1OCc1ccccc1. The van der Waals surface area contributed by atoms with Gasteiger partial charge in [-0.2, -0.15) is 0 Å². The number of carboxylic acid groups (broad SMARTS) is 1. The normalized spacial score (nSPS) is 10.2. The summed E-state index contributed by atoms with van der Waals surface area (Å²) in [6, 6.07) is 20.0. The van der Waals surface area contributed by atoms with Gasteiger partial charge in [-0.25, -0.2) is 9.78 Å². The molecule has 0 aliphatic rings. The molecule has 3 aromatic rings. The number of nitrogens with zero attached hydrogens (tertiary/aromatic N) is 1. The highest BCUT2D eigenvalue weighted by Crippen LogP contribution is 2.32. The van der Waals surface area contributed by atoms with Crippen molar-refractivity contribution in [3.05, 3.63) is 89.2 Å². The predicted octanol–water partition coefficient (Wildman–Crippen LogP) is 3.75. The lowest BCUT2D eigenvalue weighted by atomic mass is 10.2. The van der Waals surface area contributed by atoms with Crippen LogP contribution in [0.1, 0.15) is 32.1 Å². The molecule has 27 heavy (non-hydrogen) atoms. The molecule has 0 bridgehead atoms. The second-order valence-corrected chi connectivity index (χ2v) is 5.69. The predicted molar refractivity (Wildman–Crippen MR) is 98.1 cm³/mol. The van der Waals surface area contributed by atoms with Gasteiger partial charge in [0, 0.05) is 6.07 Å². The summed E-state index contributed by atoms with van der Waals surface area (Å²) in [6.45, 7) is 0.390. The van der Waals surface area contributed by atoms with Crippen LogP contribution in [0, 0.1) is 0 Å². The molecule has 0 spiro atoms. The molecule has 6 heteroatoms. The number of aromatic carboxylic acids is 1. The Hall–Kier alpha value is -3.67. The zero-order valence-electron chi connectivity index (χ0n) is 14.4. The summed E-state index contributed by atoms with van der Waals surface area (Å²) < 4.78 is 11.5. The van der Waals surface area contributed by atoms with Gasteiger partial charge >= 0.3 is 5.97 Å². The van der Waals surface area contributed by atoms with Crippen molar-refractivity contribution in [2.24, 2.45) is 0 Å². The average molecular weight is 363 g/mol. The standard InChI is InChI=1S/C21H17NO5/c23-12-18-20(27-14-16-9-5-2-6-10-16)19(11-17(22-18)21(24)25)26-13-15-7-3-1-4-8-15/h1-12H,13-14H2,(H,24,25). The zero-order valence-corrected chi connectivity index (χ0v) is 14.4. The number of carboxylic acids is 1. The van der Waals surface area contributed by atoms with Gasteiger partial charge in [0.25, 0.3) is 0 Å². The van der Waals surface area contributed by atoms with Crippen LogP contribution in [0.2, 0.25) is 0 Å². The largest absolute Gasteiger partial charge is 0.485 e. The highest BCUT2D eigenvalue weighted by molar-refractivity contribution is 5.89. The van der Waals surface area contributed by atoms with Crippen molar-refractivity contribution in [3.63, 3.8) is 0 Å². The van der Waals surface area contributed by atoms with E-state index in [4.69, 9.17) is 9.47 Å². The van der Waals surface area contributed by atoms with Gasteiger partial charge in [-0.15, -0.1) is 0 Å². The number of hydrogen-bond donors (Lipinski definition) is 1. The fourth-order valence-electron chi connectivity index (χ4n) is 2.44. The number of aldehydes is 1. The van der Waals surface area contributed by atoms with Gasteiger partial charge in [-0.05, 0) is 11.1 Å². The summed E-state index contributed by atoms with van der Waals surface area (Å²) in [5.41, 5.74) is 1.39. The molecule has 136 valence electrons. The van der Waals surface area contributed by atoms with Gasteiger partial charge in [-0.1, -0.05) is 60.7 Å². The lowest BCUT2D eigenvalue weighted by molar-refractivity contribution is 0.0689. The Morgan fingerprint density at radius 1 is 0.926 bits per heavy atom. The monoisotopic (exact) mass is 363 g/mol. The lowest BCUT2D eigenvalue weighted by Crippen LogP contribution is -2.09. The molecule has 0 saturated heterocycles. The maximum absolute atomic E-state index is 11.4. The molecule has 0 unspecified atom stereocenters. The van der Waals surface area contributed by atoms with Crippen molar-refractivity contribution in [2.75, 3.05) is 0 Å². The van der Waals surface area contributed by atoms with E-state index in [2.05, 4.69) is 4.98 Å². The van der Waals surface area contributed by atoms with Crippen molar-refractivity contribution in [1.29, 1.82) is 0 Å². The summed E-state index contributed by atoms with van der Waals surface area (Å²) in [5.74, 6) is -0.976. The molecule has 0 saturated carbocycles. The quantitative estimate of drug-likeness (QED) is 0.614. The molecule has 6 nitrogen and oxygen atoms in total. The fourth-order valence-corrected chi connectivity index (χ4v) is 2.44. The van der Waals surface area contributed by atoms with Crippen molar-refractivity contribution in [2.45, 2.75) is 13.2 Å². The van der Waals surface area contributed by atoms with E-state index >= 15 is 0 Å². The summed E-state index contributed by atoms with van der Waals surface area (Å²) in [4.78, 5) is 26.6. The van der Waals surface area contributed by atoms with Crippen LogP contribution in [-0.4, -0.2) is 22.3 Å². The number of carbonyl (C=O) groups excluding carboxylic acids is 1. The molecular formula is C21H17NO5. The van der Waals surface area contributed by atoms with E-state index < -0.39 is 5.97 Å². The molecule has 0 fully saturated rings. The number of pyridine rings is 1. The van der Waals surface area contributed by atoms with E-state index in [-0.39, 0.29) is 36.1 Å². The van der Waals surface area contributed by atoms with E-state index in [1.807, 2.05) is 60.7 Å². The third-order valence-corrected chi connectivity index (χ3v) is 3.76. The van der Waals surface area contributed by atoms with Gasteiger partial charge < -0.3 is 14.6 Å². The van der Waals surface area contributed by atoms with Gasteiger partial charge in [-0.3, -0.25) is 4.79 Å². The first-order valence-corrected chi connectivity index (χ1v) is 8.24. The molecule has 2 aromatic carbocycles. The van der Waals surface area contributed by atoms with E-state index in [1.165, 1.54) is 6.07 Å². The molecule has 0 atom stereocenters. The van der Waals surface area contributed by atoms with E-state index in [0.717, 1.165) is 11.1 Å². The van der Waals surface area contributed by atoms with Crippen LogP contribution >= 0.6 is 0 Å². The molecule has 1 aromatic heterocycles. The lowest BCUT2D eigenvalue weighted by Gasteiger charge is -2.15. The van der Waals surface area contributed by atoms with Crippen molar-refractivity contribution in [1.82, 2.24) is 4.98 Å². The summed E-state index contributed by atoms with van der Waals surface area (Å²) in [7, 11) is 0. The molecule has 3 rings (SSSR count). The van der Waals surface area contributed by atoms with Gasteiger partial charge in [0.05, 0.1) is 0 Å². The molecular weight excluding hydrogens is 346 g/mol. The Labute approximate surface area is 156 Å². The minimum absolute atomic E-state index is 0.117. The second-order valence-electron chi connectivity index (χ2n) is 5.69. The number of benzene rings is 2. The molecule has 0 aliphatic heterocycles. The number of aromatic nitrogens is 1. The first-order valence-electron chi connectivity index (χ1n) is 8.24. The highest BCUT2D eigenvalue weighted by Gasteiger charge is 2.19. The van der Waals surface area contributed by atoms with Crippen LogP contribution in [0.15, 0.2) is 66.7 Å². The highest BCUT2D eigenvalue weighted by atomic mass is 16.5. The third kappa shape index (κ3) is 4.70. The first kappa shape index (κ1) is 18.1. The topological polar surface area (TPSA) is 85.7 Å². The van der Waals surface area contributed by atoms with Gasteiger partial charge in [0.2, 0.25) is 0 Å². The van der Waals surface area contributed by atoms with Crippen LogP contribution in [0.5, 0.6) is 11.5 Å². The Kier molecular flexibility index (Phi) is 5.79. The van der Waals surface area contributed by atoms with E-state index in [9.17, 15) is 14.7 Å². The van der Waals surface area contributed by atoms with Crippen molar-refractivity contribution < 1.29 is 24.2 Å². The minimum Gasteiger partial charge on any atom is -0.485 e. The van der Waals surface area contributed by atoms with Crippen LogP contribution in [0.4, 0.5) is 0 Å². The number of ether oxygens (including phenoxy) is 2. The van der Waals surface area contributed by atoms with Gasteiger partial charge in [0.1, 0.15) is 18.9 Å². The minimum atomic E-state index is -1.25. The molecule has 1 heterocycles. The number of hydrogen-bond acceptors (Lipinski definition) is 5. The Morgan fingerprint density at radius 3 is 2.00 bits per heavy atom. The smallest absolute Gasteiger partial charge is 0.354 e. The summed E-state index contributed by atoms with van der Waals surface area (Å²) >= 11 is 0. The zero-order chi connectivity index (χ0) is 19.1. The number of rotatable bonds is 8. The van der Waals surface area contributed by atoms with Crippen LogP contribution in [0.25, 0.3) is 0 Å². The second kappa shape index (κ2) is 8.62. The Balaban J connectivity index is 1.90. The van der Waals surface area contributed by atoms with Crippen LogP contribution in [-0.2, 0) is 13.2 Å². The molecule has 0 radical (unpaired) electrons. The van der Waals surface area contributed by atoms with Gasteiger partial charge in [0.15, 0.2) is 23.5 Å². The van der Waals surface area contributed by atoms with Crippen LogP contribution < -0.4 is 9.47 Å². The summed E-state index contributed by atoms with van der Waals surface area (Å²) in [6.07, 6.45) is 0.460. The van der Waals surface area contributed by atoms with E-state index in [1.54, 1.807) is 0 Å². The first-order chi connectivity index (χ1) is 13.2. The maximum atomic E-state index is 11.4. The summed E-state index contributed by atoms with van der Waals surface area (Å²) in [5, 5.41) is 9.24. The third-order valence-electron chi connectivity index (χ3n) is 3.76.